The minimum Gasteiger partial charge on any atom is -0.481 e. The van der Waals surface area contributed by atoms with Crippen molar-refractivity contribution in [3.05, 3.63) is 0 Å². The van der Waals surface area contributed by atoms with Crippen LogP contribution in [0.4, 0.5) is 0 Å². The van der Waals surface area contributed by atoms with Crippen molar-refractivity contribution in [2.45, 2.75) is 123 Å². The molecule has 0 bridgehead atoms. The van der Waals surface area contributed by atoms with Crippen molar-refractivity contribution in [1.29, 1.82) is 0 Å². The lowest BCUT2D eigenvalue weighted by Crippen LogP contribution is -2.43. The first-order valence-corrected chi connectivity index (χ1v) is 12.9. The second kappa shape index (κ2) is 18.5. The summed E-state index contributed by atoms with van der Waals surface area (Å²) in [4.78, 5) is 23.1. The van der Waals surface area contributed by atoms with E-state index in [0.29, 0.717) is 17.4 Å². The summed E-state index contributed by atoms with van der Waals surface area (Å²) in [5, 5.41) is 9.02. The average Bonchev–Trinajstić information content (AvgIpc) is 2.64. The van der Waals surface area contributed by atoms with Gasteiger partial charge in [-0.05, 0) is 12.3 Å². The number of nitrogens with zero attached hydrogens (tertiary/aromatic N) is 1. The normalized spacial score (nSPS) is 13.7. The van der Waals surface area contributed by atoms with Crippen LogP contribution in [0.15, 0.2) is 0 Å². The third-order valence-corrected chi connectivity index (χ3v) is 5.83. The number of unbranched alkanes of at least 4 members (excludes halogenated alkanes) is 10. The van der Waals surface area contributed by atoms with E-state index >= 15 is 0 Å². The number of hydrogen-bond acceptors (Lipinski definition) is 3. The SMILES string of the molecule is CCCCCC(C)CCCCCCCCCCCC(=O)OC(CC(=O)O)C[N+](C)(C)C. The Kier molecular flexibility index (Phi) is 17.8. The Morgan fingerprint density at radius 3 is 1.77 bits per heavy atom. The van der Waals surface area contributed by atoms with E-state index < -0.39 is 12.1 Å². The van der Waals surface area contributed by atoms with Crippen molar-refractivity contribution in [2.24, 2.45) is 5.92 Å². The highest BCUT2D eigenvalue weighted by Crippen LogP contribution is 2.18. The number of rotatable bonds is 21. The molecular formula is C26H52NO4+. The summed E-state index contributed by atoms with van der Waals surface area (Å²) in [6.45, 7) is 5.18. The van der Waals surface area contributed by atoms with Gasteiger partial charge in [-0.15, -0.1) is 0 Å². The first kappa shape index (κ1) is 29.9. The van der Waals surface area contributed by atoms with Crippen LogP contribution in [0.3, 0.4) is 0 Å². The van der Waals surface area contributed by atoms with Crippen LogP contribution in [-0.4, -0.2) is 55.3 Å². The summed E-state index contributed by atoms with van der Waals surface area (Å²) in [5.41, 5.74) is 0. The number of likely N-dealkylation sites (N-methyl/N-ethyl adjacent to an activating group) is 1. The molecule has 0 saturated heterocycles. The number of hydrogen-bond donors (Lipinski definition) is 1. The standard InChI is InChI=1S/C26H51NO4/c1-6-7-15-18-23(2)19-16-13-11-9-8-10-12-14-17-20-26(30)31-24(21-25(28)29)22-27(3,4)5/h23-24H,6-22H2,1-5H3/p+1. The zero-order valence-corrected chi connectivity index (χ0v) is 21.3. The minimum absolute atomic E-state index is 0.126. The predicted octanol–water partition coefficient (Wildman–Crippen LogP) is 6.59. The quantitative estimate of drug-likeness (QED) is 0.124. The van der Waals surface area contributed by atoms with Gasteiger partial charge in [-0.3, -0.25) is 9.59 Å². The molecule has 5 nitrogen and oxygen atoms in total. The number of carbonyl (C=O) groups is 2. The fourth-order valence-electron chi connectivity index (χ4n) is 4.08. The zero-order valence-electron chi connectivity index (χ0n) is 21.3. The van der Waals surface area contributed by atoms with Crippen LogP contribution in [0.25, 0.3) is 0 Å². The van der Waals surface area contributed by atoms with Crippen molar-refractivity contribution in [3.63, 3.8) is 0 Å². The number of quaternary nitrogens is 1. The summed E-state index contributed by atoms with van der Waals surface area (Å²) < 4.78 is 6.00. The number of carboxylic acids is 1. The highest BCUT2D eigenvalue weighted by molar-refractivity contribution is 5.71. The van der Waals surface area contributed by atoms with Crippen LogP contribution < -0.4 is 0 Å². The lowest BCUT2D eigenvalue weighted by atomic mass is 9.96. The number of esters is 1. The van der Waals surface area contributed by atoms with Crippen LogP contribution >= 0.6 is 0 Å². The molecule has 0 saturated carbocycles. The van der Waals surface area contributed by atoms with E-state index in [2.05, 4.69) is 13.8 Å². The number of ether oxygens (including phenoxy) is 1. The van der Waals surface area contributed by atoms with Crippen molar-refractivity contribution in [1.82, 2.24) is 0 Å². The zero-order chi connectivity index (χ0) is 23.5. The molecule has 0 amide bonds. The van der Waals surface area contributed by atoms with Gasteiger partial charge in [-0.1, -0.05) is 97.3 Å². The Bertz CT molecular complexity index is 459. The summed E-state index contributed by atoms with van der Waals surface area (Å²) in [6.07, 6.45) is 17.6. The molecule has 0 fully saturated rings. The van der Waals surface area contributed by atoms with Gasteiger partial charge >= 0.3 is 11.9 Å². The first-order chi connectivity index (χ1) is 14.6. The molecule has 0 rings (SSSR count). The number of carboxylic acid groups (broad SMARTS) is 1. The smallest absolute Gasteiger partial charge is 0.307 e. The predicted molar refractivity (Wildman–Crippen MR) is 129 cm³/mol. The number of aliphatic carboxylic acids is 1. The lowest BCUT2D eigenvalue weighted by Gasteiger charge is -2.28. The van der Waals surface area contributed by atoms with Gasteiger partial charge in [0.1, 0.15) is 6.54 Å². The Morgan fingerprint density at radius 2 is 1.29 bits per heavy atom. The van der Waals surface area contributed by atoms with Gasteiger partial charge in [-0.2, -0.15) is 0 Å². The molecule has 1 N–H and O–H groups in total. The van der Waals surface area contributed by atoms with Crippen molar-refractivity contribution < 1.29 is 23.9 Å². The van der Waals surface area contributed by atoms with E-state index in [1.165, 1.54) is 77.0 Å². The van der Waals surface area contributed by atoms with E-state index in [1.54, 1.807) is 0 Å². The summed E-state index contributed by atoms with van der Waals surface area (Å²) >= 11 is 0. The lowest BCUT2D eigenvalue weighted by molar-refractivity contribution is -0.873. The molecule has 5 heteroatoms. The first-order valence-electron chi connectivity index (χ1n) is 12.9. The molecular weight excluding hydrogens is 390 g/mol. The van der Waals surface area contributed by atoms with Gasteiger partial charge in [0.25, 0.3) is 0 Å². The Hall–Kier alpha value is -1.10. The molecule has 0 aromatic carbocycles. The van der Waals surface area contributed by atoms with Crippen LogP contribution in [0, 0.1) is 5.92 Å². The highest BCUT2D eigenvalue weighted by Gasteiger charge is 2.24. The van der Waals surface area contributed by atoms with Crippen molar-refractivity contribution in [2.75, 3.05) is 27.7 Å². The Balaban J connectivity index is 3.62. The molecule has 0 heterocycles. The molecule has 0 aliphatic rings. The highest BCUT2D eigenvalue weighted by atomic mass is 16.5. The molecule has 2 unspecified atom stereocenters. The third-order valence-electron chi connectivity index (χ3n) is 5.83. The third kappa shape index (κ3) is 21.9. The average molecular weight is 443 g/mol. The molecule has 184 valence electrons. The van der Waals surface area contributed by atoms with Crippen molar-refractivity contribution >= 4 is 11.9 Å². The molecule has 2 atom stereocenters. The topological polar surface area (TPSA) is 63.6 Å². The van der Waals surface area contributed by atoms with Gasteiger partial charge in [-0.25, -0.2) is 0 Å². The number of carbonyl (C=O) groups excluding carboxylic acids is 1. The fraction of sp³-hybridized carbons (Fsp3) is 0.923. The van der Waals surface area contributed by atoms with E-state index in [9.17, 15) is 9.59 Å². The van der Waals surface area contributed by atoms with E-state index in [0.717, 1.165) is 18.8 Å². The molecule has 31 heavy (non-hydrogen) atoms. The van der Waals surface area contributed by atoms with Gasteiger partial charge < -0.3 is 14.3 Å². The maximum atomic E-state index is 12.1. The summed E-state index contributed by atoms with van der Waals surface area (Å²) in [6, 6.07) is 0. The van der Waals surface area contributed by atoms with Crippen LogP contribution in [0.5, 0.6) is 0 Å². The van der Waals surface area contributed by atoms with E-state index in [-0.39, 0.29) is 12.4 Å². The van der Waals surface area contributed by atoms with E-state index in [1.807, 2.05) is 21.1 Å². The maximum absolute atomic E-state index is 12.1. The minimum atomic E-state index is -0.923. The molecule has 0 aliphatic carbocycles. The van der Waals surface area contributed by atoms with Crippen LogP contribution in [0.2, 0.25) is 0 Å². The molecule has 0 aromatic heterocycles. The van der Waals surface area contributed by atoms with Crippen LogP contribution in [0.1, 0.15) is 117 Å². The molecule has 0 radical (unpaired) electrons. The molecule has 0 aliphatic heterocycles. The summed E-state index contributed by atoms with van der Waals surface area (Å²) in [5.74, 6) is -0.290. The van der Waals surface area contributed by atoms with Gasteiger partial charge in [0.2, 0.25) is 0 Å². The van der Waals surface area contributed by atoms with Gasteiger partial charge in [0.05, 0.1) is 27.6 Å². The second-order valence-corrected chi connectivity index (χ2v) is 10.5. The van der Waals surface area contributed by atoms with Crippen molar-refractivity contribution in [3.8, 4) is 0 Å². The molecule has 0 spiro atoms. The summed E-state index contributed by atoms with van der Waals surface area (Å²) in [7, 11) is 5.91. The maximum Gasteiger partial charge on any atom is 0.307 e. The second-order valence-electron chi connectivity index (χ2n) is 10.5. The van der Waals surface area contributed by atoms with Gasteiger partial charge in [0, 0.05) is 6.42 Å². The van der Waals surface area contributed by atoms with Crippen LogP contribution in [-0.2, 0) is 14.3 Å². The largest absolute Gasteiger partial charge is 0.481 e. The fourth-order valence-corrected chi connectivity index (χ4v) is 4.08. The molecule has 0 aromatic rings. The van der Waals surface area contributed by atoms with E-state index in [4.69, 9.17) is 9.84 Å². The Labute approximate surface area is 192 Å². The monoisotopic (exact) mass is 442 g/mol. The van der Waals surface area contributed by atoms with Gasteiger partial charge in [0.15, 0.2) is 6.10 Å². The Morgan fingerprint density at radius 1 is 0.806 bits per heavy atom.